The number of hydrogen-bond acceptors (Lipinski definition) is 3. The second kappa shape index (κ2) is 3.99. The third-order valence-electron chi connectivity index (χ3n) is 5.58. The fourth-order valence-electron chi connectivity index (χ4n) is 5.27. The largest absolute Gasteiger partial charge is 0.476 e. The Balaban J connectivity index is 1.66. The molecule has 4 fully saturated rings. The minimum Gasteiger partial charge on any atom is -0.476 e. The van der Waals surface area contributed by atoms with Crippen molar-refractivity contribution in [3.63, 3.8) is 0 Å². The zero-order valence-corrected chi connectivity index (χ0v) is 11.8. The van der Waals surface area contributed by atoms with Crippen molar-refractivity contribution in [3.8, 4) is 0 Å². The summed E-state index contributed by atoms with van der Waals surface area (Å²) in [7, 11) is 0. The maximum absolute atomic E-state index is 11.3. The number of rotatable bonds is 3. The van der Waals surface area contributed by atoms with E-state index in [1.54, 1.807) is 0 Å². The molecule has 4 saturated carbocycles. The van der Waals surface area contributed by atoms with Crippen molar-refractivity contribution in [3.05, 3.63) is 11.4 Å². The van der Waals surface area contributed by atoms with Crippen molar-refractivity contribution in [2.45, 2.75) is 51.0 Å². The predicted octanol–water partition coefficient (Wildman–Crippen LogP) is 2.80. The van der Waals surface area contributed by atoms with E-state index in [1.807, 2.05) is 6.92 Å². The number of carboxylic acids is 1. The number of hydrogen-bond donors (Lipinski definition) is 3. The zero-order valence-electron chi connectivity index (χ0n) is 11.8. The zero-order chi connectivity index (χ0) is 13.9. The Bertz CT molecular complexity index is 528. The molecule has 3 N–H and O–H groups in total. The molecule has 5 nitrogen and oxygen atoms in total. The fourth-order valence-corrected chi connectivity index (χ4v) is 5.27. The van der Waals surface area contributed by atoms with Gasteiger partial charge in [-0.2, -0.15) is 5.10 Å². The van der Waals surface area contributed by atoms with Crippen LogP contribution in [-0.4, -0.2) is 26.8 Å². The van der Waals surface area contributed by atoms with E-state index >= 15 is 0 Å². The van der Waals surface area contributed by atoms with Crippen molar-refractivity contribution < 1.29 is 9.90 Å². The number of aromatic amines is 1. The molecule has 1 aromatic heterocycles. The van der Waals surface area contributed by atoms with E-state index in [0.29, 0.717) is 5.69 Å². The first-order valence-corrected chi connectivity index (χ1v) is 7.61. The van der Waals surface area contributed by atoms with E-state index in [4.69, 9.17) is 0 Å². The van der Waals surface area contributed by atoms with Crippen molar-refractivity contribution >= 4 is 11.7 Å². The number of aromatic nitrogens is 2. The number of aromatic carboxylic acids is 1. The lowest BCUT2D eigenvalue weighted by Gasteiger charge is -2.57. The molecule has 0 aromatic carbocycles. The summed E-state index contributed by atoms with van der Waals surface area (Å²) in [4.78, 5) is 11.3. The van der Waals surface area contributed by atoms with E-state index in [0.717, 1.165) is 23.4 Å². The Kier molecular flexibility index (Phi) is 2.44. The van der Waals surface area contributed by atoms with E-state index in [1.165, 1.54) is 38.5 Å². The first kappa shape index (κ1) is 12.2. The molecule has 0 spiro atoms. The highest BCUT2D eigenvalue weighted by atomic mass is 16.4. The summed E-state index contributed by atoms with van der Waals surface area (Å²) >= 11 is 0. The summed E-state index contributed by atoms with van der Waals surface area (Å²) in [5.74, 6) is 1.57. The highest BCUT2D eigenvalue weighted by Crippen LogP contribution is 2.56. The lowest BCUT2D eigenvalue weighted by atomic mass is 9.53. The molecule has 0 saturated heterocycles. The van der Waals surface area contributed by atoms with Crippen LogP contribution in [0.15, 0.2) is 0 Å². The van der Waals surface area contributed by atoms with Crippen molar-refractivity contribution in [1.82, 2.24) is 10.2 Å². The molecule has 20 heavy (non-hydrogen) atoms. The van der Waals surface area contributed by atoms with Crippen LogP contribution in [0, 0.1) is 24.7 Å². The van der Waals surface area contributed by atoms with Crippen molar-refractivity contribution in [2.75, 3.05) is 5.32 Å². The normalized spacial score (nSPS) is 38.1. The van der Waals surface area contributed by atoms with E-state index in [9.17, 15) is 9.90 Å². The Hall–Kier alpha value is -1.52. The summed E-state index contributed by atoms with van der Waals surface area (Å²) < 4.78 is 0. The van der Waals surface area contributed by atoms with E-state index in [-0.39, 0.29) is 11.2 Å². The molecule has 0 amide bonds. The third-order valence-corrected chi connectivity index (χ3v) is 5.58. The minimum absolute atomic E-state index is 0.119. The summed E-state index contributed by atoms with van der Waals surface area (Å²) in [5, 5.41) is 19.6. The van der Waals surface area contributed by atoms with Crippen LogP contribution < -0.4 is 5.32 Å². The first-order chi connectivity index (χ1) is 9.55. The number of nitrogens with zero attached hydrogens (tertiary/aromatic N) is 1. The van der Waals surface area contributed by atoms with Crippen LogP contribution in [0.5, 0.6) is 0 Å². The second-order valence-corrected chi connectivity index (χ2v) is 7.20. The van der Waals surface area contributed by atoms with Crippen molar-refractivity contribution in [1.29, 1.82) is 0 Å². The molecule has 4 aliphatic rings. The summed E-state index contributed by atoms with van der Waals surface area (Å²) in [5.41, 5.74) is 1.80. The van der Waals surface area contributed by atoms with Gasteiger partial charge in [-0.05, 0) is 63.2 Å². The minimum atomic E-state index is -0.957. The van der Waals surface area contributed by atoms with Gasteiger partial charge in [-0.15, -0.1) is 0 Å². The van der Waals surface area contributed by atoms with Crippen LogP contribution in [0.25, 0.3) is 0 Å². The van der Waals surface area contributed by atoms with Crippen LogP contribution in [0.3, 0.4) is 0 Å². The standard InChI is InChI=1S/C15H21N3O2/c1-8-12(13(14(19)20)18-17-8)16-15-5-9-2-10(6-15)4-11(3-9)7-15/h9-11,16H,2-7H2,1H3,(H,17,18)(H,19,20). The molecule has 0 atom stereocenters. The highest BCUT2D eigenvalue weighted by Gasteiger charge is 2.51. The Morgan fingerprint density at radius 3 is 2.30 bits per heavy atom. The number of H-pyrrole nitrogens is 1. The molecular weight excluding hydrogens is 254 g/mol. The van der Waals surface area contributed by atoms with Gasteiger partial charge in [-0.1, -0.05) is 0 Å². The molecule has 108 valence electrons. The number of nitrogens with one attached hydrogen (secondary N) is 2. The highest BCUT2D eigenvalue weighted by molar-refractivity contribution is 5.92. The predicted molar refractivity (Wildman–Crippen MR) is 74.8 cm³/mol. The quantitative estimate of drug-likeness (QED) is 0.792. The van der Waals surface area contributed by atoms with Gasteiger partial charge in [0, 0.05) is 5.54 Å². The Morgan fingerprint density at radius 2 is 1.80 bits per heavy atom. The fraction of sp³-hybridized carbons (Fsp3) is 0.733. The maximum atomic E-state index is 11.3. The molecule has 5 rings (SSSR count). The van der Waals surface area contributed by atoms with Crippen LogP contribution in [0.1, 0.15) is 54.7 Å². The third kappa shape index (κ3) is 1.75. The van der Waals surface area contributed by atoms with Crippen LogP contribution in [0.2, 0.25) is 0 Å². The molecule has 4 aliphatic carbocycles. The van der Waals surface area contributed by atoms with Gasteiger partial charge in [0.05, 0.1) is 11.4 Å². The Labute approximate surface area is 118 Å². The van der Waals surface area contributed by atoms with E-state index < -0.39 is 5.97 Å². The topological polar surface area (TPSA) is 78.0 Å². The molecule has 1 heterocycles. The summed E-state index contributed by atoms with van der Waals surface area (Å²) in [6, 6.07) is 0. The van der Waals surface area contributed by atoms with Gasteiger partial charge in [-0.3, -0.25) is 5.10 Å². The van der Waals surface area contributed by atoms with Crippen LogP contribution in [-0.2, 0) is 0 Å². The monoisotopic (exact) mass is 275 g/mol. The average Bonchev–Trinajstić information content (AvgIpc) is 2.68. The lowest BCUT2D eigenvalue weighted by molar-refractivity contribution is 0.0106. The van der Waals surface area contributed by atoms with Gasteiger partial charge < -0.3 is 10.4 Å². The van der Waals surface area contributed by atoms with Gasteiger partial charge in [0.2, 0.25) is 0 Å². The lowest BCUT2D eigenvalue weighted by Crippen LogP contribution is -2.55. The molecule has 0 unspecified atom stereocenters. The average molecular weight is 275 g/mol. The summed E-state index contributed by atoms with van der Waals surface area (Å²) in [6.07, 6.45) is 7.75. The van der Waals surface area contributed by atoms with Crippen LogP contribution >= 0.6 is 0 Å². The molecular formula is C15H21N3O2. The molecule has 0 aliphatic heterocycles. The molecule has 0 radical (unpaired) electrons. The summed E-state index contributed by atoms with van der Waals surface area (Å²) in [6.45, 7) is 1.89. The SMILES string of the molecule is Cc1[nH]nc(C(=O)O)c1NC12CC3CC(CC(C3)C1)C2. The van der Waals surface area contributed by atoms with Crippen LogP contribution in [0.4, 0.5) is 5.69 Å². The second-order valence-electron chi connectivity index (χ2n) is 7.20. The van der Waals surface area contributed by atoms with Gasteiger partial charge in [-0.25, -0.2) is 4.79 Å². The first-order valence-electron chi connectivity index (χ1n) is 7.61. The van der Waals surface area contributed by atoms with Gasteiger partial charge in [0.1, 0.15) is 0 Å². The van der Waals surface area contributed by atoms with Gasteiger partial charge in [0.25, 0.3) is 0 Å². The van der Waals surface area contributed by atoms with Gasteiger partial charge >= 0.3 is 5.97 Å². The number of anilines is 1. The van der Waals surface area contributed by atoms with Gasteiger partial charge in [0.15, 0.2) is 5.69 Å². The Morgan fingerprint density at radius 1 is 1.25 bits per heavy atom. The molecule has 4 bridgehead atoms. The number of aryl methyl sites for hydroxylation is 1. The number of carbonyl (C=O) groups is 1. The molecule has 1 aromatic rings. The smallest absolute Gasteiger partial charge is 0.358 e. The maximum Gasteiger partial charge on any atom is 0.358 e. The molecule has 5 heteroatoms. The number of carboxylic acid groups (broad SMARTS) is 1. The van der Waals surface area contributed by atoms with E-state index in [2.05, 4.69) is 15.5 Å². The van der Waals surface area contributed by atoms with Crippen molar-refractivity contribution in [2.24, 2.45) is 17.8 Å².